The van der Waals surface area contributed by atoms with Gasteiger partial charge in [-0.1, -0.05) is 194 Å². The second kappa shape index (κ2) is 16.2. The number of thiophene rings is 1. The molecule has 0 N–H and O–H groups in total. The van der Waals surface area contributed by atoms with Gasteiger partial charge in [-0.15, -0.1) is 11.3 Å². The monoisotopic (exact) mass is 868 g/mol. The molecule has 2 aromatic heterocycles. The average molecular weight is 869 g/mol. The van der Waals surface area contributed by atoms with Gasteiger partial charge in [-0.25, -0.2) is 4.98 Å². The Balaban J connectivity index is 1.05. The lowest BCUT2D eigenvalue weighted by Crippen LogP contribution is -1.92. The Morgan fingerprint density at radius 3 is 1.18 bits per heavy atom. The lowest BCUT2D eigenvalue weighted by atomic mass is 9.91. The zero-order valence-corrected chi connectivity index (χ0v) is 37.2. The number of hydrogen-bond acceptors (Lipinski definition) is 3. The zero-order valence-electron chi connectivity index (χ0n) is 36.4. The molecular weight excluding hydrogens is 829 g/mol. The molecule has 2 nitrogen and oxygen atoms in total. The molecule has 312 valence electrons. The first kappa shape index (κ1) is 38.9. The van der Waals surface area contributed by atoms with E-state index in [1.165, 1.54) is 92.1 Å². The van der Waals surface area contributed by atoms with Gasteiger partial charge in [-0.05, 0) is 109 Å². The van der Waals surface area contributed by atoms with Crippen LogP contribution in [-0.2, 0) is 0 Å². The number of aromatic nitrogens is 2. The van der Waals surface area contributed by atoms with E-state index >= 15 is 0 Å². The van der Waals surface area contributed by atoms with Crippen LogP contribution < -0.4 is 0 Å². The summed E-state index contributed by atoms with van der Waals surface area (Å²) in [6.07, 6.45) is 1.95. The second-order valence-corrected chi connectivity index (χ2v) is 18.3. The molecule has 0 aliphatic heterocycles. The SMILES string of the molecule is c1ccc(-c2cccc(-c3cc(-c4ccccc4)c4sc5c(-c6cccc(-c7cnc8c9ccccc9c9ccccc9c8n7)c6)cc(-c6cccc(-c7ccccc7)c6)cc5c4c3)c2)cc1. The average Bonchev–Trinajstić information content (AvgIpc) is 3.80. The van der Waals surface area contributed by atoms with E-state index in [2.05, 4.69) is 237 Å². The molecule has 0 aliphatic rings. The van der Waals surface area contributed by atoms with Crippen LogP contribution in [0, 0.1) is 0 Å². The highest BCUT2D eigenvalue weighted by atomic mass is 32.1. The summed E-state index contributed by atoms with van der Waals surface area (Å²) < 4.78 is 2.53. The van der Waals surface area contributed by atoms with Crippen molar-refractivity contribution in [3.05, 3.63) is 243 Å². The maximum Gasteiger partial charge on any atom is 0.0979 e. The van der Waals surface area contributed by atoms with Crippen molar-refractivity contribution in [3.8, 4) is 78.0 Å². The normalized spacial score (nSPS) is 11.6. The zero-order chi connectivity index (χ0) is 44.3. The predicted octanol–water partition coefficient (Wildman–Crippen LogP) is 18.0. The van der Waals surface area contributed by atoms with Gasteiger partial charge in [0.1, 0.15) is 0 Å². The van der Waals surface area contributed by atoms with Crippen molar-refractivity contribution in [1.29, 1.82) is 0 Å². The van der Waals surface area contributed by atoms with Crippen LogP contribution >= 0.6 is 11.3 Å². The first-order chi connectivity index (χ1) is 33.2. The van der Waals surface area contributed by atoms with E-state index in [0.29, 0.717) is 0 Å². The number of benzene rings is 11. The summed E-state index contributed by atoms with van der Waals surface area (Å²) in [5.74, 6) is 0. The van der Waals surface area contributed by atoms with Gasteiger partial charge in [0.2, 0.25) is 0 Å². The van der Waals surface area contributed by atoms with Crippen LogP contribution in [0.25, 0.3) is 131 Å². The minimum atomic E-state index is 0.850. The molecule has 0 amide bonds. The van der Waals surface area contributed by atoms with Crippen LogP contribution in [0.2, 0.25) is 0 Å². The van der Waals surface area contributed by atoms with Crippen molar-refractivity contribution in [2.75, 3.05) is 0 Å². The fourth-order valence-electron chi connectivity index (χ4n) is 9.99. The first-order valence-corrected chi connectivity index (χ1v) is 23.6. The van der Waals surface area contributed by atoms with E-state index in [1.54, 1.807) is 0 Å². The molecule has 67 heavy (non-hydrogen) atoms. The summed E-state index contributed by atoms with van der Waals surface area (Å²) in [6, 6.07) is 85.8. The lowest BCUT2D eigenvalue weighted by Gasteiger charge is -2.13. The Morgan fingerprint density at radius 1 is 0.254 bits per heavy atom. The maximum absolute atomic E-state index is 5.41. The van der Waals surface area contributed by atoms with Crippen LogP contribution in [0.5, 0.6) is 0 Å². The third-order valence-corrected chi connectivity index (χ3v) is 14.5. The molecule has 2 heterocycles. The van der Waals surface area contributed by atoms with Gasteiger partial charge in [0.15, 0.2) is 0 Å². The molecule has 0 saturated heterocycles. The van der Waals surface area contributed by atoms with Crippen LogP contribution in [0.15, 0.2) is 243 Å². The molecule has 0 spiro atoms. The quantitative estimate of drug-likeness (QED) is 0.149. The highest BCUT2D eigenvalue weighted by Crippen LogP contribution is 2.48. The topological polar surface area (TPSA) is 25.8 Å². The van der Waals surface area contributed by atoms with Gasteiger partial charge in [-0.3, -0.25) is 4.98 Å². The summed E-state index contributed by atoms with van der Waals surface area (Å²) in [5.41, 5.74) is 18.0. The molecule has 11 aromatic carbocycles. The van der Waals surface area contributed by atoms with Crippen LogP contribution in [0.4, 0.5) is 0 Å². The van der Waals surface area contributed by atoms with Crippen molar-refractivity contribution in [1.82, 2.24) is 9.97 Å². The Hall–Kier alpha value is -8.50. The van der Waals surface area contributed by atoms with Gasteiger partial charge >= 0.3 is 0 Å². The summed E-state index contributed by atoms with van der Waals surface area (Å²) >= 11 is 1.89. The molecule has 3 heteroatoms. The Morgan fingerprint density at radius 2 is 0.642 bits per heavy atom. The van der Waals surface area contributed by atoms with Gasteiger partial charge in [0.25, 0.3) is 0 Å². The maximum atomic E-state index is 5.41. The van der Waals surface area contributed by atoms with E-state index in [9.17, 15) is 0 Å². The lowest BCUT2D eigenvalue weighted by molar-refractivity contribution is 1.31. The molecule has 0 unspecified atom stereocenters. The molecular formula is C64H40N2S. The number of fused-ring (bicyclic) bond motifs is 9. The van der Waals surface area contributed by atoms with E-state index in [-0.39, 0.29) is 0 Å². The standard InChI is InChI=1S/C64H40N2S/c1-4-17-41(18-5-1)44-23-14-25-46(33-44)50-36-56(43-21-8-3-9-22-43)63-58(38-50)59-39-51(47-26-15-24-45(34-47)42-19-6-2-7-20-42)37-57(64(59)67-63)48-27-16-28-49(35-48)60-40-65-61-54-31-12-10-29-52(54)53-30-11-13-32-55(53)62(61)66-60/h1-40H. The number of hydrogen-bond donors (Lipinski definition) is 0. The molecule has 0 fully saturated rings. The summed E-state index contributed by atoms with van der Waals surface area (Å²) in [7, 11) is 0. The fraction of sp³-hybridized carbons (Fsp3) is 0. The minimum absolute atomic E-state index is 0.850. The van der Waals surface area contributed by atoms with E-state index < -0.39 is 0 Å². The van der Waals surface area contributed by atoms with Crippen molar-refractivity contribution < 1.29 is 0 Å². The van der Waals surface area contributed by atoms with Crippen molar-refractivity contribution in [2.24, 2.45) is 0 Å². The van der Waals surface area contributed by atoms with Gasteiger partial charge < -0.3 is 0 Å². The Labute approximate surface area is 392 Å². The van der Waals surface area contributed by atoms with Crippen molar-refractivity contribution in [3.63, 3.8) is 0 Å². The molecule has 0 aliphatic carbocycles. The summed E-state index contributed by atoms with van der Waals surface area (Å²) in [4.78, 5) is 10.5. The molecule has 0 saturated carbocycles. The van der Waals surface area contributed by atoms with Gasteiger partial charge in [0, 0.05) is 47.6 Å². The number of rotatable bonds is 7. The van der Waals surface area contributed by atoms with Crippen LogP contribution in [-0.4, -0.2) is 9.97 Å². The Kier molecular flexibility index (Phi) is 9.40. The largest absolute Gasteiger partial charge is 0.252 e. The van der Waals surface area contributed by atoms with Crippen LogP contribution in [0.3, 0.4) is 0 Å². The summed E-state index contributed by atoms with van der Waals surface area (Å²) in [6.45, 7) is 0. The van der Waals surface area contributed by atoms with E-state index in [0.717, 1.165) is 38.6 Å². The molecule has 13 rings (SSSR count). The summed E-state index contributed by atoms with van der Waals surface area (Å²) in [5, 5.41) is 7.10. The molecule has 13 aromatic rings. The molecule has 0 radical (unpaired) electrons. The molecule has 0 atom stereocenters. The third kappa shape index (κ3) is 6.88. The highest BCUT2D eigenvalue weighted by molar-refractivity contribution is 7.27. The first-order valence-electron chi connectivity index (χ1n) is 22.8. The van der Waals surface area contributed by atoms with E-state index in [1.807, 2.05) is 17.5 Å². The number of nitrogens with zero attached hydrogens (tertiary/aromatic N) is 2. The molecule has 0 bridgehead atoms. The van der Waals surface area contributed by atoms with Crippen LogP contribution in [0.1, 0.15) is 0 Å². The minimum Gasteiger partial charge on any atom is -0.252 e. The highest BCUT2D eigenvalue weighted by Gasteiger charge is 2.20. The van der Waals surface area contributed by atoms with E-state index in [4.69, 9.17) is 9.97 Å². The fourth-order valence-corrected chi connectivity index (χ4v) is 11.3. The van der Waals surface area contributed by atoms with Crippen molar-refractivity contribution in [2.45, 2.75) is 0 Å². The third-order valence-electron chi connectivity index (χ3n) is 13.3. The van der Waals surface area contributed by atoms with Crippen molar-refractivity contribution >= 4 is 64.1 Å². The predicted molar refractivity (Wildman–Crippen MR) is 285 cm³/mol. The van der Waals surface area contributed by atoms with Gasteiger partial charge in [0.05, 0.1) is 22.9 Å². The smallest absolute Gasteiger partial charge is 0.0979 e. The van der Waals surface area contributed by atoms with Gasteiger partial charge in [-0.2, -0.15) is 0 Å². The Bertz CT molecular complexity index is 3990. The second-order valence-electron chi connectivity index (χ2n) is 17.3.